The lowest BCUT2D eigenvalue weighted by atomic mass is 10.0. The molecule has 104 valence electrons. The van der Waals surface area contributed by atoms with Crippen molar-refractivity contribution in [2.45, 2.75) is 24.9 Å². The molecule has 5 nitrogen and oxygen atoms in total. The molecule has 1 aliphatic rings. The van der Waals surface area contributed by atoms with E-state index in [9.17, 15) is 9.90 Å². The van der Waals surface area contributed by atoms with E-state index in [1.165, 1.54) is 0 Å². The molecule has 1 heterocycles. The summed E-state index contributed by atoms with van der Waals surface area (Å²) in [6, 6.07) is 9.83. The van der Waals surface area contributed by atoms with E-state index in [1.54, 1.807) is 4.90 Å². The van der Waals surface area contributed by atoms with Gasteiger partial charge in [0, 0.05) is 19.1 Å². The molecule has 19 heavy (non-hydrogen) atoms. The molecule has 4 N–H and O–H groups in total. The first-order valence-electron chi connectivity index (χ1n) is 6.67. The van der Waals surface area contributed by atoms with Crippen LogP contribution in [0.4, 0.5) is 4.79 Å². The number of carbonyl (C=O) groups is 1. The average Bonchev–Trinajstić information content (AvgIpc) is 2.46. The highest BCUT2D eigenvalue weighted by Gasteiger charge is 2.23. The monoisotopic (exact) mass is 263 g/mol. The van der Waals surface area contributed by atoms with Crippen molar-refractivity contribution in [3.8, 4) is 0 Å². The molecule has 0 spiro atoms. The Labute approximate surface area is 113 Å². The standard InChI is InChI=1S/C14H21N3O2/c15-14(19)17-8-6-12(7-9-17)16-13(10-18)11-4-2-1-3-5-11/h1-5,12-13,16,18H,6-10H2,(H2,15,19)/t13-/m0/s1. The number of piperidine rings is 1. The van der Waals surface area contributed by atoms with E-state index < -0.39 is 0 Å². The summed E-state index contributed by atoms with van der Waals surface area (Å²) in [5, 5.41) is 13.0. The molecule has 1 saturated heterocycles. The van der Waals surface area contributed by atoms with Crippen LogP contribution in [0.5, 0.6) is 0 Å². The summed E-state index contributed by atoms with van der Waals surface area (Å²) in [7, 11) is 0. The number of likely N-dealkylation sites (tertiary alicyclic amines) is 1. The lowest BCUT2D eigenvalue weighted by Gasteiger charge is -2.33. The Morgan fingerprint density at radius 1 is 1.37 bits per heavy atom. The Balaban J connectivity index is 1.89. The lowest BCUT2D eigenvalue weighted by molar-refractivity contribution is 0.172. The van der Waals surface area contributed by atoms with Gasteiger partial charge in [0.05, 0.1) is 12.6 Å². The minimum atomic E-state index is -0.347. The van der Waals surface area contributed by atoms with E-state index in [0.717, 1.165) is 18.4 Å². The van der Waals surface area contributed by atoms with Gasteiger partial charge < -0.3 is 21.1 Å². The van der Waals surface area contributed by atoms with Crippen LogP contribution in [0.2, 0.25) is 0 Å². The van der Waals surface area contributed by atoms with Gasteiger partial charge in [0.15, 0.2) is 0 Å². The Morgan fingerprint density at radius 3 is 2.53 bits per heavy atom. The van der Waals surface area contributed by atoms with Crippen molar-refractivity contribution >= 4 is 6.03 Å². The van der Waals surface area contributed by atoms with Crippen LogP contribution >= 0.6 is 0 Å². The van der Waals surface area contributed by atoms with Crippen molar-refractivity contribution in [3.63, 3.8) is 0 Å². The maximum atomic E-state index is 11.0. The fourth-order valence-electron chi connectivity index (χ4n) is 2.49. The van der Waals surface area contributed by atoms with Gasteiger partial charge >= 0.3 is 6.03 Å². The molecule has 1 atom stereocenters. The molecule has 1 aromatic carbocycles. The van der Waals surface area contributed by atoms with Crippen LogP contribution in [0, 0.1) is 0 Å². The largest absolute Gasteiger partial charge is 0.394 e. The third-order valence-electron chi connectivity index (χ3n) is 3.63. The Morgan fingerprint density at radius 2 is 2.00 bits per heavy atom. The van der Waals surface area contributed by atoms with Crippen LogP contribution in [-0.4, -0.2) is 41.8 Å². The summed E-state index contributed by atoms with van der Waals surface area (Å²) in [6.07, 6.45) is 1.73. The number of benzene rings is 1. The predicted molar refractivity (Wildman–Crippen MR) is 73.6 cm³/mol. The molecular formula is C14H21N3O2. The van der Waals surface area contributed by atoms with Gasteiger partial charge in [-0.1, -0.05) is 30.3 Å². The number of urea groups is 1. The number of nitrogens with one attached hydrogen (secondary N) is 1. The second-order valence-electron chi connectivity index (χ2n) is 4.91. The van der Waals surface area contributed by atoms with Crippen LogP contribution in [0.3, 0.4) is 0 Å². The quantitative estimate of drug-likeness (QED) is 0.753. The highest BCUT2D eigenvalue weighted by atomic mass is 16.3. The summed E-state index contributed by atoms with van der Waals surface area (Å²) in [6.45, 7) is 1.43. The van der Waals surface area contributed by atoms with Crippen molar-refractivity contribution in [3.05, 3.63) is 35.9 Å². The molecule has 1 fully saturated rings. The summed E-state index contributed by atoms with van der Waals surface area (Å²) >= 11 is 0. The molecule has 5 heteroatoms. The van der Waals surface area contributed by atoms with Crippen molar-refractivity contribution in [2.75, 3.05) is 19.7 Å². The SMILES string of the molecule is NC(=O)N1CCC(N[C@@H](CO)c2ccccc2)CC1. The van der Waals surface area contributed by atoms with Gasteiger partial charge in [0.2, 0.25) is 0 Å². The van der Waals surface area contributed by atoms with Crippen LogP contribution in [0.15, 0.2) is 30.3 Å². The van der Waals surface area contributed by atoms with E-state index in [-0.39, 0.29) is 18.7 Å². The highest BCUT2D eigenvalue weighted by molar-refractivity contribution is 5.72. The lowest BCUT2D eigenvalue weighted by Crippen LogP contribution is -2.47. The average molecular weight is 263 g/mol. The normalized spacial score (nSPS) is 18.3. The molecule has 0 bridgehead atoms. The van der Waals surface area contributed by atoms with Crippen molar-refractivity contribution in [1.29, 1.82) is 0 Å². The molecule has 0 aromatic heterocycles. The van der Waals surface area contributed by atoms with Crippen molar-refractivity contribution < 1.29 is 9.90 Å². The number of rotatable bonds is 4. The van der Waals surface area contributed by atoms with Gasteiger partial charge in [-0.05, 0) is 18.4 Å². The van der Waals surface area contributed by atoms with E-state index in [0.29, 0.717) is 19.1 Å². The molecule has 0 aliphatic carbocycles. The summed E-state index contributed by atoms with van der Waals surface area (Å²) in [4.78, 5) is 12.7. The van der Waals surface area contributed by atoms with E-state index in [2.05, 4.69) is 5.32 Å². The second kappa shape index (κ2) is 6.54. The first-order valence-corrected chi connectivity index (χ1v) is 6.67. The maximum absolute atomic E-state index is 11.0. The number of hydrogen-bond donors (Lipinski definition) is 3. The molecule has 0 unspecified atom stereocenters. The molecule has 2 amide bonds. The Bertz CT molecular complexity index is 402. The van der Waals surface area contributed by atoms with Gasteiger partial charge in [0.25, 0.3) is 0 Å². The third kappa shape index (κ3) is 3.68. The number of aliphatic hydroxyl groups excluding tert-OH is 1. The second-order valence-corrected chi connectivity index (χ2v) is 4.91. The first-order chi connectivity index (χ1) is 9.20. The van der Waals surface area contributed by atoms with Crippen molar-refractivity contribution in [1.82, 2.24) is 10.2 Å². The number of hydrogen-bond acceptors (Lipinski definition) is 3. The molecule has 1 aliphatic heterocycles. The number of nitrogens with two attached hydrogens (primary N) is 1. The van der Waals surface area contributed by atoms with E-state index in [4.69, 9.17) is 5.73 Å². The number of aliphatic hydroxyl groups is 1. The van der Waals surface area contributed by atoms with Crippen LogP contribution in [0.1, 0.15) is 24.4 Å². The molecule has 0 radical (unpaired) electrons. The van der Waals surface area contributed by atoms with Gasteiger partial charge in [0.1, 0.15) is 0 Å². The van der Waals surface area contributed by atoms with Crippen LogP contribution < -0.4 is 11.1 Å². The number of carbonyl (C=O) groups excluding carboxylic acids is 1. The summed E-state index contributed by atoms with van der Waals surface area (Å²) < 4.78 is 0. The maximum Gasteiger partial charge on any atom is 0.314 e. The smallest absolute Gasteiger partial charge is 0.314 e. The fourth-order valence-corrected chi connectivity index (χ4v) is 2.49. The first kappa shape index (κ1) is 13.8. The Kier molecular flexibility index (Phi) is 4.76. The zero-order chi connectivity index (χ0) is 13.7. The van der Waals surface area contributed by atoms with Crippen LogP contribution in [-0.2, 0) is 0 Å². The molecule has 1 aromatic rings. The zero-order valence-corrected chi connectivity index (χ0v) is 11.0. The summed E-state index contributed by atoms with van der Waals surface area (Å²) in [5.41, 5.74) is 6.34. The molecular weight excluding hydrogens is 242 g/mol. The molecule has 2 rings (SSSR count). The van der Waals surface area contributed by atoms with Crippen LogP contribution in [0.25, 0.3) is 0 Å². The summed E-state index contributed by atoms with van der Waals surface area (Å²) in [5.74, 6) is 0. The number of amides is 2. The van der Waals surface area contributed by atoms with Gasteiger partial charge in [-0.3, -0.25) is 0 Å². The Hall–Kier alpha value is -1.59. The zero-order valence-electron chi connectivity index (χ0n) is 11.0. The minimum Gasteiger partial charge on any atom is -0.394 e. The number of nitrogens with zero attached hydrogens (tertiary/aromatic N) is 1. The third-order valence-corrected chi connectivity index (χ3v) is 3.63. The van der Waals surface area contributed by atoms with E-state index >= 15 is 0 Å². The van der Waals surface area contributed by atoms with Crippen molar-refractivity contribution in [2.24, 2.45) is 5.73 Å². The van der Waals surface area contributed by atoms with Gasteiger partial charge in [-0.15, -0.1) is 0 Å². The van der Waals surface area contributed by atoms with Gasteiger partial charge in [-0.25, -0.2) is 4.79 Å². The number of primary amides is 1. The van der Waals surface area contributed by atoms with Gasteiger partial charge in [-0.2, -0.15) is 0 Å². The topological polar surface area (TPSA) is 78.6 Å². The highest BCUT2D eigenvalue weighted by Crippen LogP contribution is 2.17. The van der Waals surface area contributed by atoms with E-state index in [1.807, 2.05) is 30.3 Å². The minimum absolute atomic E-state index is 0.0497. The predicted octanol–water partition coefficient (Wildman–Crippen LogP) is 0.853. The molecule has 0 saturated carbocycles. The fraction of sp³-hybridized carbons (Fsp3) is 0.500.